The van der Waals surface area contributed by atoms with E-state index in [1.165, 1.54) is 13.2 Å². The topological polar surface area (TPSA) is 84.9 Å². The molecule has 1 aliphatic rings. The predicted molar refractivity (Wildman–Crippen MR) is 149 cm³/mol. The highest BCUT2D eigenvalue weighted by Gasteiger charge is 2.37. The van der Waals surface area contributed by atoms with Gasteiger partial charge >= 0.3 is 6.03 Å². The van der Waals surface area contributed by atoms with Crippen molar-refractivity contribution in [2.45, 2.75) is 20.0 Å². The Labute approximate surface area is 230 Å². The van der Waals surface area contributed by atoms with Gasteiger partial charge in [0.05, 0.1) is 12.8 Å². The van der Waals surface area contributed by atoms with Crippen LogP contribution in [0, 0.1) is 3.57 Å². The number of hydrogen-bond acceptors (Lipinski definition) is 5. The smallest absolute Gasteiger partial charge is 0.335 e. The maximum Gasteiger partial charge on any atom is 0.335 e. The minimum absolute atomic E-state index is 0.176. The summed E-state index contributed by atoms with van der Waals surface area (Å²) in [6.45, 7) is 2.35. The number of nitrogens with one attached hydrogen (secondary N) is 1. The number of halogens is 2. The van der Waals surface area contributed by atoms with Crippen LogP contribution in [0.4, 0.5) is 10.5 Å². The SMILES string of the molecule is CCc1ccc(N2C(=O)NC(=O)/C(=C/c3cc(OC)c(OCc4ccc(I)cc4)cc3Br)C2=O)cc1. The molecule has 4 amide bonds. The number of carbonyl (C=O) groups is 3. The molecule has 7 nitrogen and oxygen atoms in total. The minimum Gasteiger partial charge on any atom is -0.493 e. The van der Waals surface area contributed by atoms with Gasteiger partial charge in [0.25, 0.3) is 11.8 Å². The number of imide groups is 2. The third-order valence-corrected chi connectivity index (χ3v) is 7.00. The summed E-state index contributed by atoms with van der Waals surface area (Å²) in [6.07, 6.45) is 2.25. The molecule has 1 aliphatic heterocycles. The van der Waals surface area contributed by atoms with E-state index in [-0.39, 0.29) is 5.57 Å². The van der Waals surface area contributed by atoms with E-state index < -0.39 is 17.8 Å². The van der Waals surface area contributed by atoms with E-state index in [1.54, 1.807) is 24.3 Å². The summed E-state index contributed by atoms with van der Waals surface area (Å²) in [5.74, 6) is -0.547. The minimum atomic E-state index is -0.789. The number of ether oxygens (including phenoxy) is 2. The average molecular weight is 661 g/mol. The lowest BCUT2D eigenvalue weighted by molar-refractivity contribution is -0.122. The Morgan fingerprint density at radius 2 is 1.64 bits per heavy atom. The van der Waals surface area contributed by atoms with Crippen molar-refractivity contribution in [1.82, 2.24) is 5.32 Å². The first-order chi connectivity index (χ1) is 17.3. The zero-order chi connectivity index (χ0) is 25.8. The van der Waals surface area contributed by atoms with Crippen molar-refractivity contribution in [2.75, 3.05) is 12.0 Å². The first kappa shape index (κ1) is 25.9. The quantitative estimate of drug-likeness (QED) is 0.195. The molecule has 0 saturated carbocycles. The Hall–Kier alpha value is -3.18. The van der Waals surface area contributed by atoms with Crippen molar-refractivity contribution in [2.24, 2.45) is 0 Å². The average Bonchev–Trinajstić information content (AvgIpc) is 2.87. The molecule has 0 atom stereocenters. The third-order valence-electron chi connectivity index (χ3n) is 5.59. The fourth-order valence-corrected chi connectivity index (χ4v) is 4.40. The molecule has 1 saturated heterocycles. The van der Waals surface area contributed by atoms with Crippen molar-refractivity contribution in [3.05, 3.63) is 91.0 Å². The molecular weight excluding hydrogens is 639 g/mol. The number of carbonyl (C=O) groups excluding carboxylic acids is 3. The van der Waals surface area contributed by atoms with E-state index in [0.717, 1.165) is 26.0 Å². The van der Waals surface area contributed by atoms with E-state index in [0.29, 0.717) is 33.8 Å². The first-order valence-electron chi connectivity index (χ1n) is 11.1. The Morgan fingerprint density at radius 1 is 0.972 bits per heavy atom. The zero-order valence-electron chi connectivity index (χ0n) is 19.5. The fraction of sp³-hybridized carbons (Fsp3) is 0.148. The van der Waals surface area contributed by atoms with Crippen molar-refractivity contribution in [3.63, 3.8) is 0 Å². The molecule has 3 aromatic carbocycles. The molecule has 0 aliphatic carbocycles. The van der Waals surface area contributed by atoms with Gasteiger partial charge < -0.3 is 9.47 Å². The van der Waals surface area contributed by atoms with Crippen LogP contribution in [0.5, 0.6) is 11.5 Å². The standard InChI is InChI=1S/C27H22BrIN2O5/c1-3-16-6-10-20(11-7-16)31-26(33)21(25(32)30-27(31)34)12-18-13-23(35-2)24(14-22(18)28)36-15-17-4-8-19(29)9-5-17/h4-14H,3,15H2,1-2H3,(H,30,32,34)/b21-12-. The van der Waals surface area contributed by atoms with Crippen LogP contribution in [0.2, 0.25) is 0 Å². The molecule has 0 spiro atoms. The van der Waals surface area contributed by atoms with Crippen LogP contribution < -0.4 is 19.7 Å². The van der Waals surface area contributed by atoms with E-state index in [1.807, 2.05) is 43.3 Å². The summed E-state index contributed by atoms with van der Waals surface area (Å²) in [4.78, 5) is 39.3. The van der Waals surface area contributed by atoms with E-state index in [9.17, 15) is 14.4 Å². The number of anilines is 1. The molecule has 0 radical (unpaired) electrons. The number of hydrogen-bond donors (Lipinski definition) is 1. The number of rotatable bonds is 7. The Balaban J connectivity index is 1.62. The summed E-state index contributed by atoms with van der Waals surface area (Å²) >= 11 is 5.74. The Morgan fingerprint density at radius 3 is 2.28 bits per heavy atom. The summed E-state index contributed by atoms with van der Waals surface area (Å²) in [7, 11) is 1.51. The van der Waals surface area contributed by atoms with Gasteiger partial charge in [0.1, 0.15) is 12.2 Å². The van der Waals surface area contributed by atoms with Crippen LogP contribution in [0.15, 0.2) is 70.7 Å². The lowest BCUT2D eigenvalue weighted by Gasteiger charge is -2.26. The van der Waals surface area contributed by atoms with Gasteiger partial charge in [0, 0.05) is 8.04 Å². The molecule has 0 bridgehead atoms. The maximum atomic E-state index is 13.2. The zero-order valence-corrected chi connectivity index (χ0v) is 23.3. The van der Waals surface area contributed by atoms with Gasteiger partial charge in [-0.05, 0) is 88.2 Å². The highest BCUT2D eigenvalue weighted by Crippen LogP contribution is 2.35. The number of methoxy groups -OCH3 is 1. The summed E-state index contributed by atoms with van der Waals surface area (Å²) in [6, 6.07) is 17.6. The second-order valence-electron chi connectivity index (χ2n) is 7.92. The first-order valence-corrected chi connectivity index (χ1v) is 12.9. The van der Waals surface area contributed by atoms with Crippen LogP contribution in [-0.4, -0.2) is 25.0 Å². The van der Waals surface area contributed by atoms with Gasteiger partial charge in [-0.1, -0.05) is 47.1 Å². The maximum absolute atomic E-state index is 13.2. The van der Waals surface area contributed by atoms with Crippen LogP contribution >= 0.6 is 38.5 Å². The van der Waals surface area contributed by atoms with Crippen LogP contribution in [0.3, 0.4) is 0 Å². The summed E-state index contributed by atoms with van der Waals surface area (Å²) < 4.78 is 13.2. The van der Waals surface area contributed by atoms with Crippen LogP contribution in [0.25, 0.3) is 6.08 Å². The molecule has 0 unspecified atom stereocenters. The highest BCUT2D eigenvalue weighted by molar-refractivity contribution is 14.1. The molecule has 9 heteroatoms. The van der Waals surface area contributed by atoms with Gasteiger partial charge in [-0.2, -0.15) is 0 Å². The molecule has 4 rings (SSSR count). The number of amides is 4. The Bertz CT molecular complexity index is 1350. The number of benzene rings is 3. The molecule has 1 fully saturated rings. The van der Waals surface area contributed by atoms with E-state index >= 15 is 0 Å². The monoisotopic (exact) mass is 660 g/mol. The normalized spacial score (nSPS) is 14.7. The van der Waals surface area contributed by atoms with Crippen molar-refractivity contribution in [3.8, 4) is 11.5 Å². The Kier molecular flexibility index (Phi) is 8.10. The number of nitrogens with zero attached hydrogens (tertiary/aromatic N) is 1. The molecule has 184 valence electrons. The number of urea groups is 1. The van der Waals surface area contributed by atoms with E-state index in [2.05, 4.69) is 43.8 Å². The molecule has 1 N–H and O–H groups in total. The van der Waals surface area contributed by atoms with Gasteiger partial charge in [-0.15, -0.1) is 0 Å². The van der Waals surface area contributed by atoms with Gasteiger partial charge in [-0.25, -0.2) is 9.69 Å². The molecule has 0 aromatic heterocycles. The van der Waals surface area contributed by atoms with E-state index in [4.69, 9.17) is 9.47 Å². The number of aryl methyl sites for hydroxylation is 1. The number of barbiturate groups is 1. The molecule has 3 aromatic rings. The lowest BCUT2D eigenvalue weighted by atomic mass is 10.1. The third kappa shape index (κ3) is 5.62. The van der Waals surface area contributed by atoms with Crippen molar-refractivity contribution < 1.29 is 23.9 Å². The summed E-state index contributed by atoms with van der Waals surface area (Å²) in [5.41, 5.74) is 2.79. The lowest BCUT2D eigenvalue weighted by Crippen LogP contribution is -2.54. The van der Waals surface area contributed by atoms with Crippen molar-refractivity contribution in [1.29, 1.82) is 0 Å². The molecule has 1 heterocycles. The predicted octanol–water partition coefficient (Wildman–Crippen LogP) is 5.87. The molecular formula is C27H22BrIN2O5. The van der Waals surface area contributed by atoms with Crippen LogP contribution in [-0.2, 0) is 22.6 Å². The van der Waals surface area contributed by atoms with Gasteiger partial charge in [-0.3, -0.25) is 14.9 Å². The van der Waals surface area contributed by atoms with Crippen LogP contribution in [0.1, 0.15) is 23.6 Å². The highest BCUT2D eigenvalue weighted by atomic mass is 127. The second-order valence-corrected chi connectivity index (χ2v) is 10.0. The molecule has 36 heavy (non-hydrogen) atoms. The van der Waals surface area contributed by atoms with Crippen molar-refractivity contribution >= 4 is 68.1 Å². The largest absolute Gasteiger partial charge is 0.493 e. The summed E-state index contributed by atoms with van der Waals surface area (Å²) in [5, 5.41) is 2.25. The second kappa shape index (κ2) is 11.3. The van der Waals surface area contributed by atoms with Gasteiger partial charge in [0.15, 0.2) is 11.5 Å². The fourth-order valence-electron chi connectivity index (χ4n) is 3.60. The van der Waals surface area contributed by atoms with Gasteiger partial charge in [0.2, 0.25) is 0 Å².